The van der Waals surface area contributed by atoms with E-state index in [1.54, 1.807) is 0 Å². The van der Waals surface area contributed by atoms with Gasteiger partial charge in [0.2, 0.25) is 0 Å². The van der Waals surface area contributed by atoms with Crippen LogP contribution in [0.5, 0.6) is 0 Å². The van der Waals surface area contributed by atoms with Gasteiger partial charge in [-0.15, -0.1) is 0 Å². The van der Waals surface area contributed by atoms with Crippen LogP contribution >= 0.6 is 0 Å². The lowest BCUT2D eigenvalue weighted by molar-refractivity contribution is 0.266. The Morgan fingerprint density at radius 1 is 1.33 bits per heavy atom. The van der Waals surface area contributed by atoms with E-state index in [1.165, 1.54) is 25.7 Å². The second-order valence-corrected chi connectivity index (χ2v) is 4.79. The lowest BCUT2D eigenvalue weighted by atomic mass is 9.81. The van der Waals surface area contributed by atoms with Gasteiger partial charge in [-0.05, 0) is 17.8 Å². The molecular weight excluding hydrogens is 143 g/mol. The zero-order valence-corrected chi connectivity index (χ0v) is 9.14. The lowest BCUT2D eigenvalue weighted by Crippen LogP contribution is -2.15. The van der Waals surface area contributed by atoms with E-state index < -0.39 is 0 Å². The van der Waals surface area contributed by atoms with Crippen LogP contribution in [0.25, 0.3) is 0 Å². The summed E-state index contributed by atoms with van der Waals surface area (Å²) in [6.07, 6.45) is 5.76. The molecule has 1 aliphatic carbocycles. The van der Waals surface area contributed by atoms with Crippen molar-refractivity contribution in [3.05, 3.63) is 0 Å². The largest absolute Gasteiger partial charge is 0.105 e. The Hall–Kier alpha value is 0.0649. The first-order chi connectivity index (χ1) is 5.69. The summed E-state index contributed by atoms with van der Waals surface area (Å²) >= 11 is 0. The molecule has 70 valence electrons. The quantitative estimate of drug-likeness (QED) is 0.565. The van der Waals surface area contributed by atoms with E-state index in [-0.39, 0.29) is 0 Å². The molecule has 1 rings (SSSR count). The molecule has 4 atom stereocenters. The number of hydrogen-bond acceptors (Lipinski definition) is 0. The Morgan fingerprint density at radius 2 is 2.00 bits per heavy atom. The summed E-state index contributed by atoms with van der Waals surface area (Å²) < 4.78 is 0. The van der Waals surface area contributed by atoms with E-state index in [2.05, 4.69) is 28.6 Å². The summed E-state index contributed by atoms with van der Waals surface area (Å²) in [5.41, 5.74) is 0. The van der Waals surface area contributed by atoms with Gasteiger partial charge in [0.15, 0.2) is 0 Å². The molecule has 0 spiro atoms. The van der Waals surface area contributed by atoms with Crippen molar-refractivity contribution in [1.82, 2.24) is 0 Å². The second kappa shape index (κ2) is 4.34. The molecule has 0 aromatic heterocycles. The SMILES string of the molecule is BC1CC(CC)C(C(C)CC)C1. The molecule has 0 bridgehead atoms. The fraction of sp³-hybridized carbons (Fsp3) is 1.00. The standard InChI is InChI=1S/C11H23B/c1-4-8(3)11-7-10(12)6-9(11)5-2/h8-11H,4-7,12H2,1-3H3. The molecule has 0 saturated heterocycles. The van der Waals surface area contributed by atoms with E-state index in [4.69, 9.17) is 0 Å². The van der Waals surface area contributed by atoms with Crippen LogP contribution in [0.4, 0.5) is 0 Å². The van der Waals surface area contributed by atoms with Crippen LogP contribution < -0.4 is 0 Å². The van der Waals surface area contributed by atoms with E-state index >= 15 is 0 Å². The molecule has 0 aliphatic heterocycles. The molecule has 0 radical (unpaired) electrons. The summed E-state index contributed by atoms with van der Waals surface area (Å²) in [6, 6.07) is 0. The molecule has 12 heavy (non-hydrogen) atoms. The Kier molecular flexibility index (Phi) is 3.67. The van der Waals surface area contributed by atoms with Crippen LogP contribution in [0.3, 0.4) is 0 Å². The number of rotatable bonds is 3. The first-order valence-corrected chi connectivity index (χ1v) is 5.69. The summed E-state index contributed by atoms with van der Waals surface area (Å²) in [6.45, 7) is 7.13. The molecule has 1 heteroatoms. The molecule has 0 aromatic carbocycles. The van der Waals surface area contributed by atoms with Crippen molar-refractivity contribution in [2.45, 2.75) is 52.3 Å². The summed E-state index contributed by atoms with van der Waals surface area (Å²) in [5, 5.41) is 0. The van der Waals surface area contributed by atoms with E-state index in [1.807, 2.05) is 0 Å². The fourth-order valence-corrected chi connectivity index (χ4v) is 2.91. The van der Waals surface area contributed by atoms with Crippen LogP contribution in [0.2, 0.25) is 5.82 Å². The highest BCUT2D eigenvalue weighted by atomic mass is 14.4. The minimum atomic E-state index is 0.958. The third-order valence-electron chi connectivity index (χ3n) is 3.88. The van der Waals surface area contributed by atoms with Crippen LogP contribution in [0, 0.1) is 17.8 Å². The highest BCUT2D eigenvalue weighted by Crippen LogP contribution is 2.44. The second-order valence-electron chi connectivity index (χ2n) is 4.79. The summed E-state index contributed by atoms with van der Waals surface area (Å²) in [4.78, 5) is 0. The maximum absolute atomic E-state index is 2.44. The van der Waals surface area contributed by atoms with Gasteiger partial charge in [-0.2, -0.15) is 0 Å². The monoisotopic (exact) mass is 166 g/mol. The zero-order chi connectivity index (χ0) is 9.14. The molecule has 0 aromatic rings. The van der Waals surface area contributed by atoms with Gasteiger partial charge >= 0.3 is 0 Å². The molecule has 4 unspecified atom stereocenters. The topological polar surface area (TPSA) is 0 Å². The molecule has 0 N–H and O–H groups in total. The van der Waals surface area contributed by atoms with Crippen molar-refractivity contribution < 1.29 is 0 Å². The van der Waals surface area contributed by atoms with E-state index in [0.717, 1.165) is 23.6 Å². The van der Waals surface area contributed by atoms with Gasteiger partial charge in [0.25, 0.3) is 0 Å². The Bertz CT molecular complexity index is 133. The molecule has 0 nitrogen and oxygen atoms in total. The van der Waals surface area contributed by atoms with E-state index in [0.29, 0.717) is 0 Å². The first-order valence-electron chi connectivity index (χ1n) is 5.69. The minimum Gasteiger partial charge on any atom is -0.0692 e. The molecule has 1 saturated carbocycles. The third kappa shape index (κ3) is 2.05. The number of hydrogen-bond donors (Lipinski definition) is 0. The van der Waals surface area contributed by atoms with Crippen molar-refractivity contribution >= 4 is 7.85 Å². The van der Waals surface area contributed by atoms with Crippen LogP contribution in [0.15, 0.2) is 0 Å². The predicted molar refractivity (Wildman–Crippen MR) is 58.3 cm³/mol. The van der Waals surface area contributed by atoms with Gasteiger partial charge in [0, 0.05) is 0 Å². The van der Waals surface area contributed by atoms with Gasteiger partial charge in [-0.25, -0.2) is 0 Å². The average Bonchev–Trinajstić information content (AvgIpc) is 2.45. The molecule has 1 fully saturated rings. The van der Waals surface area contributed by atoms with Crippen molar-refractivity contribution in [3.8, 4) is 0 Å². The van der Waals surface area contributed by atoms with Gasteiger partial charge in [0.1, 0.15) is 7.85 Å². The molecule has 1 aliphatic rings. The lowest BCUT2D eigenvalue weighted by Gasteiger charge is -2.23. The Balaban J connectivity index is 2.51. The normalized spacial score (nSPS) is 38.4. The zero-order valence-electron chi connectivity index (χ0n) is 9.14. The predicted octanol–water partition coefficient (Wildman–Crippen LogP) is 2.89. The highest BCUT2D eigenvalue weighted by Gasteiger charge is 2.32. The van der Waals surface area contributed by atoms with Gasteiger partial charge < -0.3 is 0 Å². The third-order valence-corrected chi connectivity index (χ3v) is 3.88. The van der Waals surface area contributed by atoms with E-state index in [9.17, 15) is 0 Å². The first kappa shape index (κ1) is 10.1. The van der Waals surface area contributed by atoms with Crippen LogP contribution in [-0.4, -0.2) is 7.85 Å². The maximum Gasteiger partial charge on any atom is 0.105 e. The van der Waals surface area contributed by atoms with Crippen LogP contribution in [0.1, 0.15) is 46.5 Å². The Labute approximate surface area is 78.5 Å². The van der Waals surface area contributed by atoms with Gasteiger partial charge in [-0.3, -0.25) is 0 Å². The molecule has 0 heterocycles. The highest BCUT2D eigenvalue weighted by molar-refractivity contribution is 6.11. The van der Waals surface area contributed by atoms with Crippen LogP contribution in [-0.2, 0) is 0 Å². The van der Waals surface area contributed by atoms with Crippen molar-refractivity contribution in [1.29, 1.82) is 0 Å². The van der Waals surface area contributed by atoms with Gasteiger partial charge in [0.05, 0.1) is 0 Å². The molecule has 0 amide bonds. The minimum absolute atomic E-state index is 0.958. The van der Waals surface area contributed by atoms with Crippen molar-refractivity contribution in [2.24, 2.45) is 17.8 Å². The van der Waals surface area contributed by atoms with Crippen molar-refractivity contribution in [2.75, 3.05) is 0 Å². The fourth-order valence-electron chi connectivity index (χ4n) is 2.91. The smallest absolute Gasteiger partial charge is 0.0692 e. The average molecular weight is 166 g/mol. The summed E-state index contributed by atoms with van der Waals surface area (Å²) in [5.74, 6) is 4.03. The summed E-state index contributed by atoms with van der Waals surface area (Å²) in [7, 11) is 2.42. The Morgan fingerprint density at radius 3 is 2.50 bits per heavy atom. The van der Waals surface area contributed by atoms with Crippen molar-refractivity contribution in [3.63, 3.8) is 0 Å². The maximum atomic E-state index is 2.44. The van der Waals surface area contributed by atoms with Gasteiger partial charge in [-0.1, -0.05) is 52.3 Å². The molecular formula is C11H23B.